The van der Waals surface area contributed by atoms with Crippen LogP contribution in [0.3, 0.4) is 0 Å². The second kappa shape index (κ2) is 4.86. The molecule has 1 unspecified atom stereocenters. The zero-order chi connectivity index (χ0) is 12.3. The molecule has 0 radical (unpaired) electrons. The summed E-state index contributed by atoms with van der Waals surface area (Å²) >= 11 is 0. The molecule has 2 heterocycles. The van der Waals surface area contributed by atoms with Crippen LogP contribution in [0.1, 0.15) is 17.3 Å². The molecule has 0 aromatic carbocycles. The number of hydrazine groups is 1. The fourth-order valence-electron chi connectivity index (χ4n) is 1.60. The van der Waals surface area contributed by atoms with Crippen molar-refractivity contribution in [3.05, 3.63) is 53.7 Å². The van der Waals surface area contributed by atoms with E-state index in [0.717, 1.165) is 0 Å². The van der Waals surface area contributed by atoms with Gasteiger partial charge < -0.3 is 5.73 Å². The fraction of sp³-hybridized carbons (Fsp3) is 0.0909. The zero-order valence-corrected chi connectivity index (χ0v) is 8.97. The number of nitrogens with two attached hydrogens (primary N) is 2. The van der Waals surface area contributed by atoms with E-state index < -0.39 is 11.9 Å². The SMILES string of the molecule is NNC(c1cccnc1N)c1ncccc1F. The molecule has 2 aromatic heterocycles. The predicted octanol–water partition coefficient (Wildman–Crippen LogP) is 0.751. The van der Waals surface area contributed by atoms with Gasteiger partial charge in [-0.2, -0.15) is 0 Å². The highest BCUT2D eigenvalue weighted by Gasteiger charge is 2.20. The van der Waals surface area contributed by atoms with Crippen LogP contribution < -0.4 is 17.0 Å². The minimum Gasteiger partial charge on any atom is -0.383 e. The summed E-state index contributed by atoms with van der Waals surface area (Å²) in [4.78, 5) is 7.90. The van der Waals surface area contributed by atoms with Crippen molar-refractivity contribution in [2.75, 3.05) is 5.73 Å². The van der Waals surface area contributed by atoms with E-state index in [2.05, 4.69) is 15.4 Å². The molecule has 2 aromatic rings. The van der Waals surface area contributed by atoms with Gasteiger partial charge in [-0.3, -0.25) is 10.8 Å². The van der Waals surface area contributed by atoms with E-state index in [9.17, 15) is 4.39 Å². The lowest BCUT2D eigenvalue weighted by molar-refractivity contribution is 0.544. The third-order valence-electron chi connectivity index (χ3n) is 2.41. The molecule has 17 heavy (non-hydrogen) atoms. The number of nitrogen functional groups attached to an aromatic ring is 1. The predicted molar refractivity (Wildman–Crippen MR) is 62.0 cm³/mol. The third-order valence-corrected chi connectivity index (χ3v) is 2.41. The number of hydrogen-bond acceptors (Lipinski definition) is 5. The van der Waals surface area contributed by atoms with Gasteiger partial charge in [0.2, 0.25) is 0 Å². The maximum atomic E-state index is 13.6. The van der Waals surface area contributed by atoms with Gasteiger partial charge in [0.25, 0.3) is 0 Å². The van der Waals surface area contributed by atoms with E-state index in [0.29, 0.717) is 11.4 Å². The highest BCUT2D eigenvalue weighted by Crippen LogP contribution is 2.24. The Hall–Kier alpha value is -2.05. The van der Waals surface area contributed by atoms with Gasteiger partial charge in [-0.15, -0.1) is 0 Å². The van der Waals surface area contributed by atoms with Crippen LogP contribution in [0, 0.1) is 5.82 Å². The summed E-state index contributed by atoms with van der Waals surface area (Å²) in [6, 6.07) is 5.64. The first-order valence-electron chi connectivity index (χ1n) is 5.01. The van der Waals surface area contributed by atoms with E-state index >= 15 is 0 Å². The second-order valence-electron chi connectivity index (χ2n) is 3.45. The standard InChI is InChI=1S/C11H12FN5/c12-8-4-2-5-15-10(8)9(17-14)7-3-1-6-16-11(7)13/h1-6,9,17H,14H2,(H2,13,16). The monoisotopic (exact) mass is 233 g/mol. The maximum absolute atomic E-state index is 13.6. The average molecular weight is 233 g/mol. The van der Waals surface area contributed by atoms with Crippen molar-refractivity contribution in [3.63, 3.8) is 0 Å². The molecule has 0 aliphatic rings. The van der Waals surface area contributed by atoms with Crippen LogP contribution >= 0.6 is 0 Å². The molecule has 0 saturated carbocycles. The van der Waals surface area contributed by atoms with Crippen LogP contribution in [0.2, 0.25) is 0 Å². The highest BCUT2D eigenvalue weighted by atomic mass is 19.1. The van der Waals surface area contributed by atoms with Crippen molar-refractivity contribution < 1.29 is 4.39 Å². The molecule has 0 saturated heterocycles. The summed E-state index contributed by atoms with van der Waals surface area (Å²) in [6.45, 7) is 0. The number of hydrogen-bond donors (Lipinski definition) is 3. The number of aromatic nitrogens is 2. The van der Waals surface area contributed by atoms with E-state index in [-0.39, 0.29) is 5.69 Å². The quantitative estimate of drug-likeness (QED) is 0.537. The zero-order valence-electron chi connectivity index (χ0n) is 8.97. The Bertz CT molecular complexity index is 471. The van der Waals surface area contributed by atoms with Crippen LogP contribution in [0.5, 0.6) is 0 Å². The van der Waals surface area contributed by atoms with Gasteiger partial charge >= 0.3 is 0 Å². The maximum Gasteiger partial charge on any atom is 0.146 e. The lowest BCUT2D eigenvalue weighted by atomic mass is 10.0. The first-order valence-corrected chi connectivity index (χ1v) is 5.01. The van der Waals surface area contributed by atoms with Crippen LogP contribution in [0.25, 0.3) is 0 Å². The molecule has 0 bridgehead atoms. The molecular weight excluding hydrogens is 221 g/mol. The molecule has 5 nitrogen and oxygen atoms in total. The number of nitrogens with one attached hydrogen (secondary N) is 1. The number of pyridine rings is 2. The average Bonchev–Trinajstić information content (AvgIpc) is 2.34. The van der Waals surface area contributed by atoms with Gasteiger partial charge in [0.1, 0.15) is 11.6 Å². The van der Waals surface area contributed by atoms with Crippen molar-refractivity contribution in [3.8, 4) is 0 Å². The van der Waals surface area contributed by atoms with E-state index in [1.807, 2.05) is 0 Å². The Morgan fingerprint density at radius 2 is 1.88 bits per heavy atom. The van der Waals surface area contributed by atoms with Gasteiger partial charge in [-0.05, 0) is 18.2 Å². The fourth-order valence-corrected chi connectivity index (χ4v) is 1.60. The number of rotatable bonds is 3. The summed E-state index contributed by atoms with van der Waals surface area (Å²) in [6.07, 6.45) is 3.05. The Labute approximate surface area is 97.7 Å². The van der Waals surface area contributed by atoms with Gasteiger partial charge in [-0.25, -0.2) is 14.8 Å². The third kappa shape index (κ3) is 2.22. The Kier molecular flexibility index (Phi) is 3.27. The summed E-state index contributed by atoms with van der Waals surface area (Å²) in [5, 5.41) is 0. The Morgan fingerprint density at radius 3 is 2.53 bits per heavy atom. The van der Waals surface area contributed by atoms with Gasteiger partial charge in [-0.1, -0.05) is 6.07 Å². The van der Waals surface area contributed by atoms with Gasteiger partial charge in [0.15, 0.2) is 0 Å². The summed E-state index contributed by atoms with van der Waals surface area (Å²) in [7, 11) is 0. The van der Waals surface area contributed by atoms with Gasteiger partial charge in [0, 0.05) is 18.0 Å². The minimum atomic E-state index is -0.620. The molecular formula is C11H12FN5. The van der Waals surface area contributed by atoms with Crippen molar-refractivity contribution in [1.29, 1.82) is 0 Å². The lowest BCUT2D eigenvalue weighted by Gasteiger charge is -2.17. The molecule has 1 atom stereocenters. The minimum absolute atomic E-state index is 0.190. The number of anilines is 1. The molecule has 6 heteroatoms. The van der Waals surface area contributed by atoms with E-state index in [4.69, 9.17) is 11.6 Å². The summed E-state index contributed by atoms with van der Waals surface area (Å²) in [5.74, 6) is 5.28. The largest absolute Gasteiger partial charge is 0.383 e. The molecule has 0 amide bonds. The topological polar surface area (TPSA) is 89.8 Å². The molecule has 0 aliphatic carbocycles. The molecule has 0 fully saturated rings. The molecule has 88 valence electrons. The molecule has 5 N–H and O–H groups in total. The van der Waals surface area contributed by atoms with Crippen molar-refractivity contribution in [2.45, 2.75) is 6.04 Å². The van der Waals surface area contributed by atoms with Crippen molar-refractivity contribution in [2.24, 2.45) is 5.84 Å². The van der Waals surface area contributed by atoms with E-state index in [1.54, 1.807) is 18.3 Å². The van der Waals surface area contributed by atoms with E-state index in [1.165, 1.54) is 18.3 Å². The highest BCUT2D eigenvalue weighted by molar-refractivity contribution is 5.44. The summed E-state index contributed by atoms with van der Waals surface area (Å²) in [5.41, 5.74) is 9.00. The van der Waals surface area contributed by atoms with Crippen LogP contribution in [0.4, 0.5) is 10.2 Å². The van der Waals surface area contributed by atoms with Crippen molar-refractivity contribution in [1.82, 2.24) is 15.4 Å². The summed E-state index contributed by atoms with van der Waals surface area (Å²) < 4.78 is 13.6. The molecule has 0 spiro atoms. The van der Waals surface area contributed by atoms with Crippen LogP contribution in [-0.4, -0.2) is 9.97 Å². The molecule has 2 rings (SSSR count). The van der Waals surface area contributed by atoms with Crippen molar-refractivity contribution >= 4 is 5.82 Å². The first-order chi connectivity index (χ1) is 8.24. The Morgan fingerprint density at radius 1 is 1.18 bits per heavy atom. The number of halogens is 1. The second-order valence-corrected chi connectivity index (χ2v) is 3.45. The van der Waals surface area contributed by atoms with Gasteiger partial charge in [0.05, 0.1) is 11.7 Å². The normalized spacial score (nSPS) is 12.4. The molecule has 0 aliphatic heterocycles. The lowest BCUT2D eigenvalue weighted by Crippen LogP contribution is -2.31. The van der Waals surface area contributed by atoms with Crippen LogP contribution in [0.15, 0.2) is 36.7 Å². The smallest absolute Gasteiger partial charge is 0.146 e. The van der Waals surface area contributed by atoms with Crippen LogP contribution in [-0.2, 0) is 0 Å². The Balaban J connectivity index is 2.48. The number of nitrogens with zero attached hydrogens (tertiary/aromatic N) is 2. The first kappa shape index (κ1) is 11.4.